The Morgan fingerprint density at radius 2 is 0.674 bits per heavy atom. The second-order valence-corrected chi connectivity index (χ2v) is 26.7. The smallest absolute Gasteiger partial charge is 0.179 e. The van der Waals surface area contributed by atoms with Crippen LogP contribution in [0.25, 0.3) is 94.2 Å². The lowest BCUT2D eigenvalue weighted by Crippen LogP contribution is -2.74. The van der Waals surface area contributed by atoms with E-state index in [1.54, 1.807) is 0 Å². The van der Waals surface area contributed by atoms with Gasteiger partial charge in [-0.1, -0.05) is 254 Å². The van der Waals surface area contributed by atoms with Crippen LogP contribution in [0.4, 0.5) is 17.1 Å². The van der Waals surface area contributed by atoms with Crippen molar-refractivity contribution in [3.63, 3.8) is 0 Å². The molecule has 0 N–H and O–H groups in total. The van der Waals surface area contributed by atoms with Crippen molar-refractivity contribution in [2.75, 3.05) is 4.90 Å². The highest BCUT2D eigenvalue weighted by molar-refractivity contribution is 7.19. The SMILES string of the molecule is Cc1ccc(-c2ccc3c(c2)c2cc(-c4ccc(C)cc4)ccc2n3-c2ccc(-c3ccc(N(c4ccc(-c5ccccc5)cc4)c4ccc(-c5ccc([Si](c6ccccc6)(c6ccccc6)c6ccccc6)cc5)cc4)c4nsnc34)cc2)cc1. The molecule has 2 aromatic heterocycles. The van der Waals surface area contributed by atoms with Crippen LogP contribution in [0.3, 0.4) is 0 Å². The fourth-order valence-corrected chi connectivity index (χ4v) is 18.2. The molecule has 4 nitrogen and oxygen atoms in total. The summed E-state index contributed by atoms with van der Waals surface area (Å²) in [6.07, 6.45) is 0. The van der Waals surface area contributed by atoms with Gasteiger partial charge >= 0.3 is 0 Å². The molecule has 6 heteroatoms. The van der Waals surface area contributed by atoms with E-state index in [0.29, 0.717) is 0 Å². The Hall–Kier alpha value is -10.5. The number of fused-ring (bicyclic) bond motifs is 4. The molecule has 13 aromatic carbocycles. The maximum absolute atomic E-state index is 5.08. The third-order valence-corrected chi connectivity index (χ3v) is 22.6. The molecule has 0 fully saturated rings. The van der Waals surface area contributed by atoms with Gasteiger partial charge in [0.15, 0.2) is 8.07 Å². The van der Waals surface area contributed by atoms with E-state index in [1.807, 2.05) is 0 Å². The van der Waals surface area contributed by atoms with Crippen molar-refractivity contribution in [3.05, 3.63) is 327 Å². The first kappa shape index (κ1) is 52.3. The first-order chi connectivity index (χ1) is 42.4. The Morgan fingerprint density at radius 1 is 0.314 bits per heavy atom. The second-order valence-electron chi connectivity index (χ2n) is 22.4. The van der Waals surface area contributed by atoms with Gasteiger partial charge in [0.2, 0.25) is 0 Å². The fraction of sp³-hybridized carbons (Fsp3) is 0.0250. The molecule has 0 aliphatic heterocycles. The summed E-state index contributed by atoms with van der Waals surface area (Å²) in [5.74, 6) is 0. The van der Waals surface area contributed by atoms with Crippen molar-refractivity contribution in [1.29, 1.82) is 0 Å². The van der Waals surface area contributed by atoms with Gasteiger partial charge in [0.05, 0.1) is 28.4 Å². The Bertz CT molecular complexity index is 4670. The van der Waals surface area contributed by atoms with Crippen molar-refractivity contribution in [2.24, 2.45) is 0 Å². The second kappa shape index (κ2) is 22.2. The van der Waals surface area contributed by atoms with E-state index in [-0.39, 0.29) is 0 Å². The standard InChI is InChI=1S/C80H58N4SSi/c1-55-23-27-61(28-24-55)64-39-50-76-74(53-64)75-54-65(62-29-25-56(2)26-30-62)40-51-77(75)84(76)68-45-35-63(36-46-68)73-49-52-78(80-79(73)81-85-82-80)83(66-41-31-58(32-42-66)57-15-7-3-8-16-57)67-43-33-59(34-44-67)60-37-47-72(48-38-60)86(69-17-9-4-10-18-69,70-19-11-5-12-20-70)71-21-13-6-14-22-71/h3-54H,1-2H3. The highest BCUT2D eigenvalue weighted by atomic mass is 32.1. The molecule has 0 bridgehead atoms. The highest BCUT2D eigenvalue weighted by Gasteiger charge is 2.41. The van der Waals surface area contributed by atoms with Crippen molar-refractivity contribution < 1.29 is 0 Å². The van der Waals surface area contributed by atoms with Crippen LogP contribution in [0.15, 0.2) is 315 Å². The Morgan fingerprint density at radius 3 is 1.14 bits per heavy atom. The zero-order valence-corrected chi connectivity index (χ0v) is 49.5. The summed E-state index contributed by atoms with van der Waals surface area (Å²) in [6, 6.07) is 116. The van der Waals surface area contributed by atoms with E-state index in [9.17, 15) is 0 Å². The van der Waals surface area contributed by atoms with Gasteiger partial charge in [0.1, 0.15) is 11.0 Å². The molecule has 0 saturated heterocycles. The predicted octanol–water partition coefficient (Wildman–Crippen LogP) is 18.6. The molecular formula is C80H58N4SSi. The molecule has 15 aromatic rings. The summed E-state index contributed by atoms with van der Waals surface area (Å²) in [6.45, 7) is 4.28. The average molecular weight is 1140 g/mol. The molecule has 0 radical (unpaired) electrons. The van der Waals surface area contributed by atoms with Gasteiger partial charge < -0.3 is 9.47 Å². The molecule has 0 spiro atoms. The molecule has 86 heavy (non-hydrogen) atoms. The highest BCUT2D eigenvalue weighted by Crippen LogP contribution is 2.43. The molecule has 0 amide bonds. The summed E-state index contributed by atoms with van der Waals surface area (Å²) in [5, 5.41) is 7.87. The van der Waals surface area contributed by atoms with Crippen LogP contribution in [-0.2, 0) is 0 Å². The van der Waals surface area contributed by atoms with E-state index < -0.39 is 8.07 Å². The minimum atomic E-state index is -2.67. The lowest BCUT2D eigenvalue weighted by Gasteiger charge is -2.34. The minimum Gasteiger partial charge on any atom is -0.309 e. The maximum Gasteiger partial charge on any atom is 0.179 e. The third kappa shape index (κ3) is 9.42. The number of anilines is 3. The van der Waals surface area contributed by atoms with Crippen molar-refractivity contribution >= 4 is 90.5 Å². The summed E-state index contributed by atoms with van der Waals surface area (Å²) >= 11 is 1.26. The number of nitrogens with zero attached hydrogens (tertiary/aromatic N) is 4. The van der Waals surface area contributed by atoms with Crippen molar-refractivity contribution in [1.82, 2.24) is 13.3 Å². The van der Waals surface area contributed by atoms with Crippen LogP contribution in [0.2, 0.25) is 0 Å². The van der Waals surface area contributed by atoms with Crippen molar-refractivity contribution in [2.45, 2.75) is 13.8 Å². The summed E-state index contributed by atoms with van der Waals surface area (Å²) < 4.78 is 12.5. The molecule has 0 atom stereocenters. The largest absolute Gasteiger partial charge is 0.309 e. The van der Waals surface area contributed by atoms with E-state index in [0.717, 1.165) is 72.6 Å². The van der Waals surface area contributed by atoms with Gasteiger partial charge in [-0.05, 0) is 157 Å². The molecule has 408 valence electrons. The summed E-state index contributed by atoms with van der Waals surface area (Å²) in [4.78, 5) is 2.33. The monoisotopic (exact) mass is 1130 g/mol. The molecule has 0 unspecified atom stereocenters. The molecule has 2 heterocycles. The quantitative estimate of drug-likeness (QED) is 0.0852. The zero-order valence-electron chi connectivity index (χ0n) is 47.7. The first-order valence-electron chi connectivity index (χ1n) is 29.4. The van der Waals surface area contributed by atoms with Crippen LogP contribution in [-0.4, -0.2) is 21.4 Å². The maximum atomic E-state index is 5.08. The van der Waals surface area contributed by atoms with Crippen LogP contribution >= 0.6 is 11.7 Å². The minimum absolute atomic E-state index is 0.849. The van der Waals surface area contributed by atoms with Crippen LogP contribution in [0.5, 0.6) is 0 Å². The van der Waals surface area contributed by atoms with Gasteiger partial charge in [-0.3, -0.25) is 0 Å². The molecule has 15 rings (SSSR count). The van der Waals surface area contributed by atoms with E-state index in [2.05, 4.69) is 339 Å². The first-order valence-corrected chi connectivity index (χ1v) is 32.1. The lowest BCUT2D eigenvalue weighted by molar-refractivity contribution is 1.18. The van der Waals surface area contributed by atoms with E-state index in [4.69, 9.17) is 8.75 Å². The topological polar surface area (TPSA) is 34.0 Å². The molecule has 0 aliphatic rings. The van der Waals surface area contributed by atoms with Crippen molar-refractivity contribution in [3.8, 4) is 61.3 Å². The van der Waals surface area contributed by atoms with Gasteiger partial charge in [-0.15, -0.1) is 0 Å². The van der Waals surface area contributed by atoms with Crippen LogP contribution < -0.4 is 25.6 Å². The Kier molecular flexibility index (Phi) is 13.5. The van der Waals surface area contributed by atoms with Crippen LogP contribution in [0, 0.1) is 13.8 Å². The van der Waals surface area contributed by atoms with E-state index in [1.165, 1.54) is 82.2 Å². The number of hydrogen-bond acceptors (Lipinski definition) is 4. The number of hydrogen-bond donors (Lipinski definition) is 0. The lowest BCUT2D eigenvalue weighted by atomic mass is 9.99. The third-order valence-electron chi connectivity index (χ3n) is 17.2. The van der Waals surface area contributed by atoms with Gasteiger partial charge in [-0.2, -0.15) is 8.75 Å². The fourth-order valence-electron chi connectivity index (χ4n) is 12.9. The Balaban J connectivity index is 0.792. The summed E-state index contributed by atoms with van der Waals surface area (Å²) in [5.41, 5.74) is 22.2. The predicted molar refractivity (Wildman–Crippen MR) is 367 cm³/mol. The molecule has 0 aliphatic carbocycles. The zero-order chi connectivity index (χ0) is 57.6. The summed E-state index contributed by atoms with van der Waals surface area (Å²) in [7, 11) is -2.67. The number of aromatic nitrogens is 3. The van der Waals surface area contributed by atoms with Crippen LogP contribution in [0.1, 0.15) is 11.1 Å². The number of benzene rings is 13. The molecular weight excluding hydrogens is 1080 g/mol. The van der Waals surface area contributed by atoms with Gasteiger partial charge in [0, 0.05) is 33.4 Å². The average Bonchev–Trinajstić information content (AvgIpc) is 1.95. The Labute approximate surface area is 507 Å². The van der Waals surface area contributed by atoms with Gasteiger partial charge in [-0.25, -0.2) is 0 Å². The number of rotatable bonds is 13. The van der Waals surface area contributed by atoms with E-state index >= 15 is 0 Å². The normalized spacial score (nSPS) is 11.6. The van der Waals surface area contributed by atoms with Gasteiger partial charge in [0.25, 0.3) is 0 Å². The number of aryl methyl sites for hydroxylation is 2. The molecule has 0 saturated carbocycles.